The quantitative estimate of drug-likeness (QED) is 0.859. The maximum absolute atomic E-state index is 12.4. The van der Waals surface area contributed by atoms with Crippen LogP contribution in [-0.2, 0) is 22.6 Å². The Kier molecular flexibility index (Phi) is 5.76. The lowest BCUT2D eigenvalue weighted by atomic mass is 10.1. The number of halogens is 1. The van der Waals surface area contributed by atoms with Gasteiger partial charge in [0.25, 0.3) is 0 Å². The SMILES string of the molecule is CC(NC(=O)CCC(=O)N1CCc2sccc2C1)c1ccc(Cl)cc1. The van der Waals surface area contributed by atoms with Gasteiger partial charge in [-0.05, 0) is 48.1 Å². The van der Waals surface area contributed by atoms with Gasteiger partial charge in [-0.2, -0.15) is 0 Å². The highest BCUT2D eigenvalue weighted by Gasteiger charge is 2.22. The molecule has 2 amide bonds. The lowest BCUT2D eigenvalue weighted by molar-refractivity contribution is -0.134. The number of fused-ring (bicyclic) bond motifs is 1. The summed E-state index contributed by atoms with van der Waals surface area (Å²) >= 11 is 7.63. The number of rotatable bonds is 5. The molecule has 0 saturated heterocycles. The molecule has 1 atom stereocenters. The highest BCUT2D eigenvalue weighted by molar-refractivity contribution is 7.10. The molecular weight excluding hydrogens is 356 g/mol. The van der Waals surface area contributed by atoms with E-state index in [9.17, 15) is 9.59 Å². The molecule has 0 fully saturated rings. The standard InChI is InChI=1S/C19H21ClN2O2S/c1-13(14-2-4-16(20)5-3-14)21-18(23)6-7-19(24)22-10-8-17-15(12-22)9-11-25-17/h2-5,9,11,13H,6-8,10,12H2,1H3,(H,21,23). The predicted octanol–water partition coefficient (Wildman–Crippen LogP) is 3.94. The summed E-state index contributed by atoms with van der Waals surface area (Å²) < 4.78 is 0. The number of amides is 2. The van der Waals surface area contributed by atoms with E-state index < -0.39 is 0 Å². The zero-order valence-electron chi connectivity index (χ0n) is 14.1. The molecule has 0 aliphatic carbocycles. The molecule has 0 radical (unpaired) electrons. The molecule has 1 unspecified atom stereocenters. The summed E-state index contributed by atoms with van der Waals surface area (Å²) in [5.74, 6) is -0.0600. The summed E-state index contributed by atoms with van der Waals surface area (Å²) in [4.78, 5) is 27.7. The zero-order chi connectivity index (χ0) is 17.8. The minimum Gasteiger partial charge on any atom is -0.350 e. The van der Waals surface area contributed by atoms with Gasteiger partial charge >= 0.3 is 0 Å². The first-order valence-corrected chi connectivity index (χ1v) is 9.66. The largest absolute Gasteiger partial charge is 0.350 e. The molecule has 2 aromatic rings. The van der Waals surface area contributed by atoms with Crippen LogP contribution in [0.1, 0.15) is 41.8 Å². The normalized spacial score (nSPS) is 14.7. The van der Waals surface area contributed by atoms with E-state index in [-0.39, 0.29) is 30.7 Å². The highest BCUT2D eigenvalue weighted by atomic mass is 35.5. The predicted molar refractivity (Wildman–Crippen MR) is 101 cm³/mol. The van der Waals surface area contributed by atoms with E-state index in [1.165, 1.54) is 10.4 Å². The van der Waals surface area contributed by atoms with Gasteiger partial charge in [0, 0.05) is 35.8 Å². The number of benzene rings is 1. The van der Waals surface area contributed by atoms with Crippen LogP contribution >= 0.6 is 22.9 Å². The summed E-state index contributed by atoms with van der Waals surface area (Å²) in [6.45, 7) is 3.33. The molecule has 0 spiro atoms. The minimum atomic E-state index is -0.108. The third-order valence-electron chi connectivity index (χ3n) is 4.47. The van der Waals surface area contributed by atoms with Crippen LogP contribution in [0.2, 0.25) is 5.02 Å². The van der Waals surface area contributed by atoms with E-state index in [0.29, 0.717) is 11.6 Å². The molecule has 25 heavy (non-hydrogen) atoms. The van der Waals surface area contributed by atoms with Crippen LogP contribution in [0.4, 0.5) is 0 Å². The Morgan fingerprint density at radius 2 is 2.00 bits per heavy atom. The molecule has 1 aliphatic heterocycles. The second-order valence-corrected chi connectivity index (χ2v) is 7.71. The summed E-state index contributed by atoms with van der Waals surface area (Å²) in [7, 11) is 0. The molecule has 1 aromatic carbocycles. The van der Waals surface area contributed by atoms with Crippen molar-refractivity contribution in [2.45, 2.75) is 38.8 Å². The van der Waals surface area contributed by atoms with Crippen molar-refractivity contribution in [3.8, 4) is 0 Å². The number of nitrogens with one attached hydrogen (secondary N) is 1. The molecule has 1 aliphatic rings. The van der Waals surface area contributed by atoms with Crippen molar-refractivity contribution in [3.63, 3.8) is 0 Å². The Labute approximate surface area is 156 Å². The molecule has 1 aromatic heterocycles. The highest BCUT2D eigenvalue weighted by Crippen LogP contribution is 2.24. The first kappa shape index (κ1) is 18.0. The Hall–Kier alpha value is -1.85. The Bertz CT molecular complexity index is 757. The maximum Gasteiger partial charge on any atom is 0.223 e. The van der Waals surface area contributed by atoms with Crippen molar-refractivity contribution < 1.29 is 9.59 Å². The maximum atomic E-state index is 12.4. The van der Waals surface area contributed by atoms with Crippen LogP contribution < -0.4 is 5.32 Å². The first-order valence-electron chi connectivity index (χ1n) is 8.41. The molecule has 4 nitrogen and oxygen atoms in total. The number of thiophene rings is 1. The smallest absolute Gasteiger partial charge is 0.223 e. The summed E-state index contributed by atoms with van der Waals surface area (Å²) in [6, 6.07) is 9.37. The molecule has 2 heterocycles. The van der Waals surface area contributed by atoms with Crippen LogP contribution in [0.25, 0.3) is 0 Å². The van der Waals surface area contributed by atoms with E-state index in [4.69, 9.17) is 11.6 Å². The number of nitrogens with zero attached hydrogens (tertiary/aromatic N) is 1. The number of carbonyl (C=O) groups excluding carboxylic acids is 2. The fourth-order valence-electron chi connectivity index (χ4n) is 2.99. The van der Waals surface area contributed by atoms with Gasteiger partial charge in [-0.3, -0.25) is 9.59 Å². The van der Waals surface area contributed by atoms with Gasteiger partial charge in [-0.25, -0.2) is 0 Å². The van der Waals surface area contributed by atoms with E-state index in [0.717, 1.165) is 18.5 Å². The third kappa shape index (κ3) is 4.61. The summed E-state index contributed by atoms with van der Waals surface area (Å²) in [5.41, 5.74) is 2.23. The average molecular weight is 377 g/mol. The van der Waals surface area contributed by atoms with Crippen LogP contribution in [0.3, 0.4) is 0 Å². The van der Waals surface area contributed by atoms with E-state index in [2.05, 4.69) is 16.8 Å². The van der Waals surface area contributed by atoms with Crippen molar-refractivity contribution in [3.05, 3.63) is 56.7 Å². The number of carbonyl (C=O) groups is 2. The van der Waals surface area contributed by atoms with Crippen LogP contribution in [-0.4, -0.2) is 23.3 Å². The van der Waals surface area contributed by atoms with Gasteiger partial charge < -0.3 is 10.2 Å². The van der Waals surface area contributed by atoms with Gasteiger partial charge in [0.1, 0.15) is 0 Å². The molecule has 132 valence electrons. The molecular formula is C19H21ClN2O2S. The summed E-state index contributed by atoms with van der Waals surface area (Å²) in [6.07, 6.45) is 1.38. The lowest BCUT2D eigenvalue weighted by Crippen LogP contribution is -2.36. The summed E-state index contributed by atoms with van der Waals surface area (Å²) in [5, 5.41) is 5.68. The third-order valence-corrected chi connectivity index (χ3v) is 5.75. The number of hydrogen-bond acceptors (Lipinski definition) is 3. The second-order valence-electron chi connectivity index (χ2n) is 6.28. The lowest BCUT2D eigenvalue weighted by Gasteiger charge is -2.27. The second kappa shape index (κ2) is 8.02. The van der Waals surface area contributed by atoms with Crippen LogP contribution in [0.5, 0.6) is 0 Å². The Morgan fingerprint density at radius 3 is 2.76 bits per heavy atom. The average Bonchev–Trinajstić information content (AvgIpc) is 3.07. The number of hydrogen-bond donors (Lipinski definition) is 1. The van der Waals surface area contributed by atoms with Crippen LogP contribution in [0.15, 0.2) is 35.7 Å². The molecule has 6 heteroatoms. The molecule has 0 saturated carbocycles. The Balaban J connectivity index is 1.46. The molecule has 1 N–H and O–H groups in total. The van der Waals surface area contributed by atoms with Crippen LogP contribution in [0, 0.1) is 0 Å². The van der Waals surface area contributed by atoms with Gasteiger partial charge in [0.05, 0.1) is 6.04 Å². The molecule has 3 rings (SSSR count). The van der Waals surface area contributed by atoms with Gasteiger partial charge in [-0.1, -0.05) is 23.7 Å². The fraction of sp³-hybridized carbons (Fsp3) is 0.368. The van der Waals surface area contributed by atoms with Gasteiger partial charge in [-0.15, -0.1) is 11.3 Å². The van der Waals surface area contributed by atoms with Crippen molar-refractivity contribution in [2.24, 2.45) is 0 Å². The fourth-order valence-corrected chi connectivity index (χ4v) is 4.00. The van der Waals surface area contributed by atoms with Gasteiger partial charge in [0.2, 0.25) is 11.8 Å². The van der Waals surface area contributed by atoms with E-state index >= 15 is 0 Å². The van der Waals surface area contributed by atoms with Crippen molar-refractivity contribution >= 4 is 34.8 Å². The van der Waals surface area contributed by atoms with E-state index in [1.54, 1.807) is 23.5 Å². The van der Waals surface area contributed by atoms with E-state index in [1.807, 2.05) is 24.0 Å². The Morgan fingerprint density at radius 1 is 1.24 bits per heavy atom. The zero-order valence-corrected chi connectivity index (χ0v) is 15.7. The van der Waals surface area contributed by atoms with Crippen molar-refractivity contribution in [1.29, 1.82) is 0 Å². The van der Waals surface area contributed by atoms with Crippen molar-refractivity contribution in [2.75, 3.05) is 6.54 Å². The topological polar surface area (TPSA) is 49.4 Å². The van der Waals surface area contributed by atoms with Gasteiger partial charge in [0.15, 0.2) is 0 Å². The van der Waals surface area contributed by atoms with Crippen molar-refractivity contribution in [1.82, 2.24) is 10.2 Å². The minimum absolute atomic E-state index is 0.0474. The monoisotopic (exact) mass is 376 g/mol. The first-order chi connectivity index (χ1) is 12.0. The molecule has 0 bridgehead atoms.